The van der Waals surface area contributed by atoms with Crippen LogP contribution in [0.1, 0.15) is 23.0 Å². The first-order valence-electron chi connectivity index (χ1n) is 6.45. The van der Waals surface area contributed by atoms with E-state index in [1.165, 1.54) is 16.7 Å². The summed E-state index contributed by atoms with van der Waals surface area (Å²) in [4.78, 5) is 7.00. The van der Waals surface area contributed by atoms with Gasteiger partial charge in [-0.2, -0.15) is 0 Å². The smallest absolute Gasteiger partial charge is 0.0907 e. The van der Waals surface area contributed by atoms with E-state index in [-0.39, 0.29) is 0 Å². The van der Waals surface area contributed by atoms with Crippen LogP contribution in [0.4, 0.5) is 0 Å². The Labute approximate surface area is 112 Å². The summed E-state index contributed by atoms with van der Waals surface area (Å²) >= 11 is 1.76. The van der Waals surface area contributed by atoms with Gasteiger partial charge in [0.15, 0.2) is 0 Å². The lowest BCUT2D eigenvalue weighted by atomic mass is 10.00. The van der Waals surface area contributed by atoms with Gasteiger partial charge in [0.1, 0.15) is 0 Å². The molecule has 96 valence electrons. The van der Waals surface area contributed by atoms with Crippen LogP contribution in [-0.4, -0.2) is 30.0 Å². The normalized spacial score (nSPS) is 25.1. The molecule has 2 N–H and O–H groups in total. The molecule has 1 fully saturated rings. The molecule has 1 saturated heterocycles. The number of aryl methyl sites for hydroxylation is 1. The molecular formula is C14H19N3S. The molecule has 1 aromatic heterocycles. The van der Waals surface area contributed by atoms with Gasteiger partial charge in [0.05, 0.1) is 15.2 Å². The number of hydrogen-bond acceptors (Lipinski definition) is 4. The number of benzene rings is 1. The number of rotatable bonds is 2. The minimum atomic E-state index is 0.505. The quantitative estimate of drug-likeness (QED) is 0.903. The largest absolute Gasteiger partial charge is 0.330 e. The molecule has 2 heterocycles. The predicted octanol–water partition coefficient (Wildman–Crippen LogP) is 2.56. The molecule has 3 nitrogen and oxygen atoms in total. The van der Waals surface area contributed by atoms with Crippen LogP contribution in [0.2, 0.25) is 0 Å². The fourth-order valence-electron chi connectivity index (χ4n) is 2.93. The van der Waals surface area contributed by atoms with Crippen LogP contribution in [0.3, 0.4) is 0 Å². The Morgan fingerprint density at radius 2 is 2.33 bits per heavy atom. The van der Waals surface area contributed by atoms with E-state index >= 15 is 0 Å². The summed E-state index contributed by atoms with van der Waals surface area (Å²) in [5, 5.41) is 1.14. The van der Waals surface area contributed by atoms with Crippen molar-refractivity contribution in [1.82, 2.24) is 9.88 Å². The molecule has 0 aliphatic carbocycles. The third-order valence-electron chi connectivity index (χ3n) is 3.87. The number of hydrogen-bond donors (Lipinski definition) is 1. The fraction of sp³-hybridized carbons (Fsp3) is 0.500. The second kappa shape index (κ2) is 4.61. The Balaban J connectivity index is 1.94. The molecule has 0 bridgehead atoms. The predicted molar refractivity (Wildman–Crippen MR) is 76.9 cm³/mol. The van der Waals surface area contributed by atoms with Crippen molar-refractivity contribution in [1.29, 1.82) is 0 Å². The second-order valence-electron chi connectivity index (χ2n) is 5.25. The van der Waals surface area contributed by atoms with Gasteiger partial charge in [-0.05, 0) is 50.6 Å². The van der Waals surface area contributed by atoms with E-state index in [0.29, 0.717) is 12.0 Å². The van der Waals surface area contributed by atoms with Gasteiger partial charge in [-0.25, -0.2) is 4.98 Å². The topological polar surface area (TPSA) is 42.1 Å². The summed E-state index contributed by atoms with van der Waals surface area (Å²) in [6.45, 7) is 3.96. The molecule has 2 aromatic rings. The SMILES string of the molecule is Cc1nc2cc(C3CC(CN)CN3C)ccc2s1. The van der Waals surface area contributed by atoms with Crippen LogP contribution in [0.25, 0.3) is 10.2 Å². The first kappa shape index (κ1) is 12.1. The number of fused-ring (bicyclic) bond motifs is 1. The van der Waals surface area contributed by atoms with E-state index in [2.05, 4.69) is 42.1 Å². The fourth-order valence-corrected chi connectivity index (χ4v) is 3.74. The van der Waals surface area contributed by atoms with Crippen molar-refractivity contribution in [2.75, 3.05) is 20.1 Å². The molecule has 0 spiro atoms. The van der Waals surface area contributed by atoms with E-state index in [4.69, 9.17) is 5.73 Å². The van der Waals surface area contributed by atoms with Gasteiger partial charge in [0.25, 0.3) is 0 Å². The van der Waals surface area contributed by atoms with Gasteiger partial charge in [0.2, 0.25) is 0 Å². The zero-order valence-corrected chi connectivity index (χ0v) is 11.7. The summed E-state index contributed by atoms with van der Waals surface area (Å²) in [6, 6.07) is 7.21. The first-order chi connectivity index (χ1) is 8.67. The molecule has 3 rings (SSSR count). The maximum Gasteiger partial charge on any atom is 0.0907 e. The molecule has 1 aliphatic heterocycles. The van der Waals surface area contributed by atoms with Crippen molar-refractivity contribution >= 4 is 21.6 Å². The second-order valence-corrected chi connectivity index (χ2v) is 6.49. The van der Waals surface area contributed by atoms with E-state index in [1.54, 1.807) is 11.3 Å². The Morgan fingerprint density at radius 1 is 1.50 bits per heavy atom. The summed E-state index contributed by atoms with van der Waals surface area (Å²) in [5.41, 5.74) is 8.31. The molecule has 2 unspecified atom stereocenters. The van der Waals surface area contributed by atoms with Crippen LogP contribution in [0, 0.1) is 12.8 Å². The van der Waals surface area contributed by atoms with Gasteiger partial charge < -0.3 is 5.73 Å². The van der Waals surface area contributed by atoms with Crippen LogP contribution < -0.4 is 5.73 Å². The average Bonchev–Trinajstić information content (AvgIpc) is 2.89. The highest BCUT2D eigenvalue weighted by atomic mass is 32.1. The van der Waals surface area contributed by atoms with E-state index in [1.807, 2.05) is 0 Å². The minimum Gasteiger partial charge on any atom is -0.330 e. The highest BCUT2D eigenvalue weighted by Gasteiger charge is 2.29. The molecule has 0 saturated carbocycles. The Bertz CT molecular complexity index is 563. The van der Waals surface area contributed by atoms with Crippen molar-refractivity contribution < 1.29 is 0 Å². The summed E-state index contributed by atoms with van der Waals surface area (Å²) in [7, 11) is 2.19. The lowest BCUT2D eigenvalue weighted by Gasteiger charge is -2.19. The van der Waals surface area contributed by atoms with Crippen molar-refractivity contribution in [2.24, 2.45) is 11.7 Å². The first-order valence-corrected chi connectivity index (χ1v) is 7.26. The van der Waals surface area contributed by atoms with Gasteiger partial charge in [-0.3, -0.25) is 4.90 Å². The Kier molecular flexibility index (Phi) is 3.09. The summed E-state index contributed by atoms with van der Waals surface area (Å²) in [5.74, 6) is 0.632. The molecule has 1 aliphatic rings. The molecule has 4 heteroatoms. The maximum absolute atomic E-state index is 5.79. The average molecular weight is 261 g/mol. The van der Waals surface area contributed by atoms with Crippen LogP contribution in [-0.2, 0) is 0 Å². The standard InChI is InChI=1S/C14H19N3S/c1-9-16-12-6-11(3-4-14(12)18-9)13-5-10(7-15)8-17(13)2/h3-4,6,10,13H,5,7-8,15H2,1-2H3. The summed E-state index contributed by atoms with van der Waals surface area (Å²) in [6.07, 6.45) is 1.17. The van der Waals surface area contributed by atoms with Gasteiger partial charge in [-0.1, -0.05) is 6.07 Å². The number of likely N-dealkylation sites (tertiary alicyclic amines) is 1. The third-order valence-corrected chi connectivity index (χ3v) is 4.82. The zero-order valence-electron chi connectivity index (χ0n) is 10.9. The number of nitrogens with two attached hydrogens (primary N) is 1. The van der Waals surface area contributed by atoms with Gasteiger partial charge in [-0.15, -0.1) is 11.3 Å². The number of thiazole rings is 1. The minimum absolute atomic E-state index is 0.505. The maximum atomic E-state index is 5.79. The van der Waals surface area contributed by atoms with Gasteiger partial charge in [0, 0.05) is 12.6 Å². The monoisotopic (exact) mass is 261 g/mol. The lowest BCUT2D eigenvalue weighted by molar-refractivity contribution is 0.314. The van der Waals surface area contributed by atoms with E-state index in [0.717, 1.165) is 23.6 Å². The van der Waals surface area contributed by atoms with E-state index in [9.17, 15) is 0 Å². The summed E-state index contributed by atoms with van der Waals surface area (Å²) < 4.78 is 1.28. The highest BCUT2D eigenvalue weighted by molar-refractivity contribution is 7.18. The molecule has 0 radical (unpaired) electrons. The molecular weight excluding hydrogens is 242 g/mol. The number of nitrogens with zero attached hydrogens (tertiary/aromatic N) is 2. The Hall–Kier alpha value is -0.970. The zero-order chi connectivity index (χ0) is 12.7. The highest BCUT2D eigenvalue weighted by Crippen LogP contribution is 2.35. The third kappa shape index (κ3) is 2.05. The molecule has 2 atom stereocenters. The van der Waals surface area contributed by atoms with Crippen LogP contribution in [0.5, 0.6) is 0 Å². The van der Waals surface area contributed by atoms with Gasteiger partial charge >= 0.3 is 0 Å². The number of aromatic nitrogens is 1. The van der Waals surface area contributed by atoms with E-state index < -0.39 is 0 Å². The molecule has 0 amide bonds. The van der Waals surface area contributed by atoms with Crippen LogP contribution >= 0.6 is 11.3 Å². The van der Waals surface area contributed by atoms with Crippen molar-refractivity contribution in [3.05, 3.63) is 28.8 Å². The van der Waals surface area contributed by atoms with Crippen molar-refractivity contribution in [3.8, 4) is 0 Å². The van der Waals surface area contributed by atoms with Crippen molar-refractivity contribution in [2.45, 2.75) is 19.4 Å². The van der Waals surface area contributed by atoms with Crippen LogP contribution in [0.15, 0.2) is 18.2 Å². The Morgan fingerprint density at radius 3 is 3.06 bits per heavy atom. The molecule has 1 aromatic carbocycles. The lowest BCUT2D eigenvalue weighted by Crippen LogP contribution is -2.20. The van der Waals surface area contributed by atoms with Crippen molar-refractivity contribution in [3.63, 3.8) is 0 Å². The molecule has 18 heavy (non-hydrogen) atoms.